The first kappa shape index (κ1) is 12.0. The Bertz CT molecular complexity index is 239. The van der Waals surface area contributed by atoms with Crippen LogP contribution in [-0.2, 0) is 9.59 Å². The van der Waals surface area contributed by atoms with E-state index < -0.39 is 33.0 Å². The summed E-state index contributed by atoms with van der Waals surface area (Å²) < 4.78 is -0.106. The van der Waals surface area contributed by atoms with Crippen molar-refractivity contribution in [3.05, 3.63) is 5.21 Å². The number of hydrogen-bond donors (Lipinski definition) is 3. The van der Waals surface area contributed by atoms with Crippen LogP contribution in [0.4, 0.5) is 0 Å². The van der Waals surface area contributed by atoms with Crippen molar-refractivity contribution < 1.29 is 29.2 Å². The highest BCUT2D eigenvalue weighted by Gasteiger charge is 2.25. The van der Waals surface area contributed by atoms with E-state index in [0.717, 1.165) is 0 Å². The first-order chi connectivity index (χ1) is 5.99. The number of aliphatic carboxylic acids is 2. The van der Waals surface area contributed by atoms with Crippen molar-refractivity contribution >= 4 is 20.5 Å². The van der Waals surface area contributed by atoms with Crippen molar-refractivity contribution in [2.24, 2.45) is 0 Å². The van der Waals surface area contributed by atoms with Gasteiger partial charge in [0.25, 0.3) is 6.04 Å². The molecule has 0 aromatic rings. The van der Waals surface area contributed by atoms with Crippen LogP contribution in [0.15, 0.2) is 0 Å². The van der Waals surface area contributed by atoms with Gasteiger partial charge in [-0.25, -0.2) is 9.29 Å². The van der Waals surface area contributed by atoms with Crippen LogP contribution in [0.5, 0.6) is 0 Å². The molecule has 0 heterocycles. The van der Waals surface area contributed by atoms with Crippen LogP contribution in [0, 0.1) is 5.21 Å². The van der Waals surface area contributed by atoms with E-state index in [-0.39, 0.29) is 10.9 Å². The fraction of sp³-hybridized carbons (Fsp3) is 0.600. The lowest BCUT2D eigenvalue weighted by molar-refractivity contribution is -0.469. The third-order valence-electron chi connectivity index (χ3n) is 1.27. The van der Waals surface area contributed by atoms with Crippen LogP contribution < -0.4 is 0 Å². The molecule has 0 rings (SSSR count). The summed E-state index contributed by atoms with van der Waals surface area (Å²) in [6.45, 7) is 0. The van der Waals surface area contributed by atoms with Crippen molar-refractivity contribution in [1.29, 1.82) is 0 Å². The molecule has 1 unspecified atom stereocenters. The number of hydrogen-bond acceptors (Lipinski definition) is 3. The van der Waals surface area contributed by atoms with Gasteiger partial charge in [-0.3, -0.25) is 9.69 Å². The number of carbonyl (C=O) groups is 2. The van der Waals surface area contributed by atoms with Gasteiger partial charge in [0.05, 0.1) is 6.42 Å². The Morgan fingerprint density at radius 1 is 1.46 bits per heavy atom. The second kappa shape index (κ2) is 5.58. The Balaban J connectivity index is 4.28. The average molecular weight is 209 g/mol. The molecule has 0 fully saturated rings. The highest BCUT2D eigenvalue weighted by atomic mass is 31.1. The monoisotopic (exact) mass is 209 g/mol. The molecule has 3 N–H and O–H groups in total. The third kappa shape index (κ3) is 4.51. The van der Waals surface area contributed by atoms with Gasteiger partial charge >= 0.3 is 20.5 Å². The zero-order valence-corrected chi connectivity index (χ0v) is 7.35. The number of rotatable bonds is 5. The molecule has 0 aliphatic rings. The Morgan fingerprint density at radius 3 is 2.31 bits per heavy atom. The summed E-state index contributed by atoms with van der Waals surface area (Å²) in [5.74, 6) is -2.63. The first-order valence-electron chi connectivity index (χ1n) is 3.25. The highest BCUT2D eigenvalue weighted by Crippen LogP contribution is 2.06. The maximum Gasteiger partial charge on any atom is 0.393 e. The maximum absolute atomic E-state index is 10.6. The van der Waals surface area contributed by atoms with E-state index in [4.69, 9.17) is 15.1 Å². The topological polar surface area (TPSA) is 121 Å². The molecule has 0 saturated carbocycles. The average Bonchev–Trinajstić information content (AvgIpc) is 2.03. The molecule has 0 aliphatic heterocycles. The van der Waals surface area contributed by atoms with Gasteiger partial charge in [0, 0.05) is 6.42 Å². The quantitative estimate of drug-likeness (QED) is 0.427. The minimum absolute atomic E-state index is 0.106. The largest absolute Gasteiger partial charge is 0.550 e. The third-order valence-corrected chi connectivity index (χ3v) is 1.73. The van der Waals surface area contributed by atoms with Crippen LogP contribution in [0.2, 0.25) is 0 Å². The van der Waals surface area contributed by atoms with Gasteiger partial charge in [0.1, 0.15) is 0 Å². The Labute approximate surface area is 74.8 Å². The van der Waals surface area contributed by atoms with Gasteiger partial charge in [-0.05, 0) is 0 Å². The van der Waals surface area contributed by atoms with E-state index in [1.54, 1.807) is 0 Å². The van der Waals surface area contributed by atoms with E-state index in [2.05, 4.69) is 0 Å². The summed E-state index contributed by atoms with van der Waals surface area (Å²) in [6.07, 6.45) is -0.757. The van der Waals surface area contributed by atoms with Crippen LogP contribution >= 0.6 is 8.60 Å². The Morgan fingerprint density at radius 2 is 2.00 bits per heavy atom. The van der Waals surface area contributed by atoms with Gasteiger partial charge in [-0.2, -0.15) is 0 Å². The second-order valence-corrected chi connectivity index (χ2v) is 2.75. The van der Waals surface area contributed by atoms with Crippen LogP contribution in [0.1, 0.15) is 12.8 Å². The van der Waals surface area contributed by atoms with E-state index in [1.807, 2.05) is 0 Å². The number of hydroxylamine groups is 1. The number of carboxylic acids is 2. The Hall–Kier alpha value is -1.04. The number of nitrogens with zero attached hydrogens (tertiary/aromatic N) is 1. The Kier molecular flexibility index (Phi) is 5.13. The lowest BCUT2D eigenvalue weighted by Gasteiger charge is -2.09. The van der Waals surface area contributed by atoms with Gasteiger partial charge in [-0.15, -0.1) is 0 Å². The van der Waals surface area contributed by atoms with E-state index in [9.17, 15) is 14.8 Å². The summed E-state index contributed by atoms with van der Waals surface area (Å²) in [5, 5.41) is 27.3. The predicted molar refractivity (Wildman–Crippen MR) is 41.1 cm³/mol. The van der Waals surface area contributed by atoms with Crippen molar-refractivity contribution in [3.8, 4) is 0 Å². The molecule has 0 aliphatic carbocycles. The van der Waals surface area contributed by atoms with Gasteiger partial charge in [0.2, 0.25) is 0 Å². The van der Waals surface area contributed by atoms with Gasteiger partial charge in [0.15, 0.2) is 0 Å². The highest BCUT2D eigenvalue weighted by molar-refractivity contribution is 7.16. The molecule has 0 aromatic carbocycles. The molecule has 74 valence electrons. The standard InChI is InChI=1S/C5H8NO6P/c7-4(8)2-1-3(5(9)10)6(11)13-12/h3,12H,1-2H2,(H,7,8)(H,9,10). The van der Waals surface area contributed by atoms with E-state index >= 15 is 0 Å². The second-order valence-electron chi connectivity index (χ2n) is 2.18. The van der Waals surface area contributed by atoms with E-state index in [1.165, 1.54) is 0 Å². The molecule has 0 amide bonds. The molecule has 13 heavy (non-hydrogen) atoms. The van der Waals surface area contributed by atoms with E-state index in [0.29, 0.717) is 0 Å². The zero-order valence-electron chi connectivity index (χ0n) is 6.45. The zero-order chi connectivity index (χ0) is 10.4. The molecular formula is C5H8NO6P. The van der Waals surface area contributed by atoms with Crippen LogP contribution in [-0.4, -0.2) is 37.6 Å². The lowest BCUT2D eigenvalue weighted by Crippen LogP contribution is -2.29. The molecule has 0 spiro atoms. The lowest BCUT2D eigenvalue weighted by atomic mass is 10.2. The summed E-state index contributed by atoms with van der Waals surface area (Å²) >= 11 is 0. The van der Waals surface area contributed by atoms with Crippen LogP contribution in [0.3, 0.4) is 0 Å². The maximum atomic E-state index is 10.6. The summed E-state index contributed by atoms with van der Waals surface area (Å²) in [7, 11) is -0.736. The molecule has 0 radical (unpaired) electrons. The van der Waals surface area contributed by atoms with Gasteiger partial charge < -0.3 is 15.4 Å². The predicted octanol–water partition coefficient (Wildman–Crippen LogP) is -0.148. The smallest absolute Gasteiger partial charge is 0.393 e. The normalized spacial score (nSPS) is 13.8. The molecule has 0 bridgehead atoms. The summed E-state index contributed by atoms with van der Waals surface area (Å²) in [5.41, 5.74) is 0. The molecule has 7 nitrogen and oxygen atoms in total. The molecule has 0 aromatic heterocycles. The van der Waals surface area contributed by atoms with Crippen molar-refractivity contribution in [3.63, 3.8) is 0 Å². The molecule has 1 atom stereocenters. The van der Waals surface area contributed by atoms with Crippen molar-refractivity contribution in [1.82, 2.24) is 0 Å². The van der Waals surface area contributed by atoms with Crippen LogP contribution in [0.25, 0.3) is 0 Å². The molecule has 8 heteroatoms. The van der Waals surface area contributed by atoms with Crippen molar-refractivity contribution in [2.75, 3.05) is 0 Å². The fourth-order valence-electron chi connectivity index (χ4n) is 0.651. The molecule has 0 saturated heterocycles. The minimum atomic E-state index is -1.51. The molecular weight excluding hydrogens is 201 g/mol. The van der Waals surface area contributed by atoms with Gasteiger partial charge in [-0.1, -0.05) is 0 Å². The summed E-state index contributed by atoms with van der Waals surface area (Å²) in [6, 6.07) is -1.51. The first-order valence-corrected chi connectivity index (χ1v) is 4.05. The van der Waals surface area contributed by atoms with Crippen molar-refractivity contribution in [2.45, 2.75) is 18.9 Å². The fourth-order valence-corrected chi connectivity index (χ4v) is 0.990. The SMILES string of the molecule is O=C(O)CCC(C(=O)O)[N+]([O-])=PO. The number of carboxylic acid groups (broad SMARTS) is 2. The summed E-state index contributed by atoms with van der Waals surface area (Å²) in [4.78, 5) is 28.7. The minimum Gasteiger partial charge on any atom is -0.550 e.